The van der Waals surface area contributed by atoms with Gasteiger partial charge >= 0.3 is 0 Å². The number of morpholine rings is 1. The molecule has 196 valence electrons. The average molecular weight is 514 g/mol. The Kier molecular flexibility index (Phi) is 6.59. The van der Waals surface area contributed by atoms with Crippen molar-refractivity contribution in [3.8, 4) is 5.82 Å². The number of nitrogens with one attached hydrogen (secondary N) is 2. The van der Waals surface area contributed by atoms with E-state index in [2.05, 4.69) is 20.6 Å². The molecule has 10 nitrogen and oxygen atoms in total. The third-order valence-corrected chi connectivity index (χ3v) is 7.14. The predicted octanol–water partition coefficient (Wildman–Crippen LogP) is 2.69. The zero-order valence-electron chi connectivity index (χ0n) is 20.3. The first-order valence-electron chi connectivity index (χ1n) is 12.7. The molecule has 1 unspecified atom stereocenters. The van der Waals surface area contributed by atoms with E-state index >= 15 is 0 Å². The lowest BCUT2D eigenvalue weighted by molar-refractivity contribution is -0.126. The fraction of sp³-hybridized carbons (Fsp3) is 0.520. The number of benzene rings is 1. The van der Waals surface area contributed by atoms with Gasteiger partial charge in [-0.25, -0.2) is 13.8 Å². The van der Waals surface area contributed by atoms with Gasteiger partial charge < -0.3 is 25.0 Å². The summed E-state index contributed by atoms with van der Waals surface area (Å²) in [5.74, 6) is 0.942. The molecule has 0 bridgehead atoms. The quantitative estimate of drug-likeness (QED) is 0.497. The molecule has 3 aromatic rings. The molecular weight excluding hydrogens is 484 g/mol. The van der Waals surface area contributed by atoms with Gasteiger partial charge in [0.05, 0.1) is 36.8 Å². The van der Waals surface area contributed by atoms with Crippen molar-refractivity contribution < 1.29 is 23.0 Å². The highest BCUT2D eigenvalue weighted by Gasteiger charge is 2.34. The number of anilines is 2. The molecule has 1 aromatic carbocycles. The number of hydrogen-bond donors (Lipinski definition) is 2. The van der Waals surface area contributed by atoms with Crippen LogP contribution in [0.2, 0.25) is 0 Å². The van der Waals surface area contributed by atoms with Gasteiger partial charge in [0, 0.05) is 37.8 Å². The SMILES string of the molecule is O=C(NC1CC(Nc2cc(-n3c(C(F)F)nc4ccccc43)nc(N3CCOCC3)n2)C1)C1CCOC1. The number of fused-ring (bicyclic) bond motifs is 1. The van der Waals surface area contributed by atoms with E-state index in [1.54, 1.807) is 30.3 Å². The number of para-hydroxylation sites is 2. The molecule has 1 aliphatic carbocycles. The largest absolute Gasteiger partial charge is 0.381 e. The smallest absolute Gasteiger partial charge is 0.296 e. The minimum absolute atomic E-state index is 0.0476. The number of hydrogen-bond acceptors (Lipinski definition) is 8. The second-order valence-electron chi connectivity index (χ2n) is 9.68. The summed E-state index contributed by atoms with van der Waals surface area (Å²) in [4.78, 5) is 27.9. The van der Waals surface area contributed by atoms with Crippen molar-refractivity contribution in [1.29, 1.82) is 0 Å². The summed E-state index contributed by atoms with van der Waals surface area (Å²) in [6.07, 6.45) is -0.506. The maximum atomic E-state index is 14.0. The number of carbonyl (C=O) groups excluding carboxylic acids is 1. The van der Waals surface area contributed by atoms with Crippen LogP contribution in [0.4, 0.5) is 20.5 Å². The second kappa shape index (κ2) is 10.2. The maximum Gasteiger partial charge on any atom is 0.296 e. The summed E-state index contributed by atoms with van der Waals surface area (Å²) in [5, 5.41) is 6.52. The standard InChI is InChI=1S/C25H29F2N7O3/c26-22(27)23-30-18-3-1-2-4-19(18)34(23)21-13-20(31-25(32-21)33-6-9-36-10-7-33)28-16-11-17(12-16)29-24(35)15-5-8-37-14-15/h1-4,13,15-17,22H,5-12,14H2,(H,29,35)(H,28,31,32). The average Bonchev–Trinajstić information content (AvgIpc) is 3.56. The Morgan fingerprint density at radius 3 is 2.59 bits per heavy atom. The van der Waals surface area contributed by atoms with Crippen molar-refractivity contribution in [3.63, 3.8) is 0 Å². The summed E-state index contributed by atoms with van der Waals surface area (Å²) in [6.45, 7) is 3.42. The van der Waals surface area contributed by atoms with Gasteiger partial charge in [-0.05, 0) is 31.4 Å². The first-order chi connectivity index (χ1) is 18.0. The van der Waals surface area contributed by atoms with Crippen LogP contribution in [0.25, 0.3) is 16.9 Å². The number of imidazole rings is 1. The summed E-state index contributed by atoms with van der Waals surface area (Å²) in [5.41, 5.74) is 1.03. The van der Waals surface area contributed by atoms with Gasteiger partial charge in [-0.3, -0.25) is 9.36 Å². The van der Waals surface area contributed by atoms with E-state index in [-0.39, 0.29) is 29.7 Å². The lowest BCUT2D eigenvalue weighted by Crippen LogP contribution is -2.51. The Morgan fingerprint density at radius 1 is 1.03 bits per heavy atom. The van der Waals surface area contributed by atoms with Crippen LogP contribution in [-0.4, -0.2) is 77.0 Å². The van der Waals surface area contributed by atoms with Gasteiger partial charge in [0.1, 0.15) is 11.6 Å². The molecule has 2 aromatic heterocycles. The molecule has 12 heteroatoms. The summed E-state index contributed by atoms with van der Waals surface area (Å²) in [6, 6.07) is 8.90. The molecule has 3 aliphatic rings. The van der Waals surface area contributed by atoms with Gasteiger partial charge in [0.15, 0.2) is 5.82 Å². The van der Waals surface area contributed by atoms with E-state index < -0.39 is 6.43 Å². The lowest BCUT2D eigenvalue weighted by Gasteiger charge is -2.37. The summed E-state index contributed by atoms with van der Waals surface area (Å²) >= 11 is 0. The monoisotopic (exact) mass is 513 g/mol. The molecule has 1 atom stereocenters. The van der Waals surface area contributed by atoms with Crippen LogP contribution >= 0.6 is 0 Å². The fourth-order valence-corrected chi connectivity index (χ4v) is 5.07. The van der Waals surface area contributed by atoms with Gasteiger partial charge in [-0.15, -0.1) is 0 Å². The zero-order chi connectivity index (χ0) is 25.4. The molecular formula is C25H29F2N7O3. The minimum atomic E-state index is -2.77. The normalized spacial score (nSPS) is 23.9. The summed E-state index contributed by atoms with van der Waals surface area (Å²) in [7, 11) is 0. The van der Waals surface area contributed by atoms with Crippen molar-refractivity contribution >= 4 is 28.7 Å². The van der Waals surface area contributed by atoms with E-state index in [1.165, 1.54) is 4.57 Å². The highest BCUT2D eigenvalue weighted by Crippen LogP contribution is 2.30. The first-order valence-corrected chi connectivity index (χ1v) is 12.7. The van der Waals surface area contributed by atoms with Crippen molar-refractivity contribution in [2.75, 3.05) is 49.7 Å². The molecule has 2 N–H and O–H groups in total. The van der Waals surface area contributed by atoms with Crippen molar-refractivity contribution in [1.82, 2.24) is 24.8 Å². The predicted molar refractivity (Wildman–Crippen MR) is 132 cm³/mol. The van der Waals surface area contributed by atoms with Crippen LogP contribution in [0.1, 0.15) is 31.5 Å². The van der Waals surface area contributed by atoms with Crippen LogP contribution in [0, 0.1) is 5.92 Å². The number of alkyl halides is 2. The van der Waals surface area contributed by atoms with Gasteiger partial charge in [-0.2, -0.15) is 9.97 Å². The van der Waals surface area contributed by atoms with Gasteiger partial charge in [-0.1, -0.05) is 12.1 Å². The Morgan fingerprint density at radius 2 is 1.84 bits per heavy atom. The Bertz CT molecular complexity index is 1270. The number of aromatic nitrogens is 4. The van der Waals surface area contributed by atoms with E-state index in [1.807, 2.05) is 4.90 Å². The number of rotatable bonds is 7. The van der Waals surface area contributed by atoms with Crippen LogP contribution in [0.5, 0.6) is 0 Å². The molecule has 4 heterocycles. The van der Waals surface area contributed by atoms with Crippen LogP contribution < -0.4 is 15.5 Å². The molecule has 3 fully saturated rings. The number of amides is 1. The molecule has 2 aliphatic heterocycles. The molecule has 0 radical (unpaired) electrons. The topological polar surface area (TPSA) is 106 Å². The van der Waals surface area contributed by atoms with Crippen LogP contribution in [-0.2, 0) is 14.3 Å². The maximum absolute atomic E-state index is 14.0. The molecule has 0 spiro atoms. The third kappa shape index (κ3) is 4.95. The van der Waals surface area contributed by atoms with E-state index in [0.29, 0.717) is 68.1 Å². The van der Waals surface area contributed by atoms with Crippen LogP contribution in [0.3, 0.4) is 0 Å². The van der Waals surface area contributed by atoms with Crippen molar-refractivity contribution in [2.24, 2.45) is 5.92 Å². The second-order valence-corrected chi connectivity index (χ2v) is 9.68. The highest BCUT2D eigenvalue weighted by atomic mass is 19.3. The van der Waals surface area contributed by atoms with E-state index in [9.17, 15) is 13.6 Å². The molecule has 6 rings (SSSR count). The first kappa shape index (κ1) is 24.0. The van der Waals surface area contributed by atoms with E-state index in [4.69, 9.17) is 14.5 Å². The lowest BCUT2D eigenvalue weighted by atomic mass is 9.86. The Balaban J connectivity index is 1.26. The zero-order valence-corrected chi connectivity index (χ0v) is 20.3. The number of carbonyl (C=O) groups is 1. The van der Waals surface area contributed by atoms with Crippen molar-refractivity contribution in [3.05, 3.63) is 36.2 Å². The molecule has 37 heavy (non-hydrogen) atoms. The Hall–Kier alpha value is -3.38. The Labute approximate surface area is 212 Å². The molecule has 1 amide bonds. The molecule has 1 saturated carbocycles. The number of ether oxygens (including phenoxy) is 2. The fourth-order valence-electron chi connectivity index (χ4n) is 5.07. The number of halogens is 2. The van der Waals surface area contributed by atoms with Gasteiger partial charge in [0.25, 0.3) is 6.43 Å². The van der Waals surface area contributed by atoms with Gasteiger partial charge in [0.2, 0.25) is 11.9 Å². The number of nitrogens with zero attached hydrogens (tertiary/aromatic N) is 5. The van der Waals surface area contributed by atoms with Crippen LogP contribution in [0.15, 0.2) is 30.3 Å². The van der Waals surface area contributed by atoms with E-state index in [0.717, 1.165) is 19.3 Å². The minimum Gasteiger partial charge on any atom is -0.381 e. The summed E-state index contributed by atoms with van der Waals surface area (Å²) < 4.78 is 40.2. The highest BCUT2D eigenvalue weighted by molar-refractivity contribution is 5.79. The van der Waals surface area contributed by atoms with Crippen molar-refractivity contribution in [2.45, 2.75) is 37.8 Å². The third-order valence-electron chi connectivity index (χ3n) is 7.14. The molecule has 2 saturated heterocycles.